The highest BCUT2D eigenvalue weighted by molar-refractivity contribution is 5.74. The van der Waals surface area contributed by atoms with Crippen molar-refractivity contribution in [3.63, 3.8) is 0 Å². The summed E-state index contributed by atoms with van der Waals surface area (Å²) in [6, 6.07) is 21.2. The monoisotopic (exact) mass is 365 g/mol. The van der Waals surface area contributed by atoms with Crippen molar-refractivity contribution >= 4 is 5.97 Å². The Morgan fingerprint density at radius 1 is 1.00 bits per heavy atom. The Bertz CT molecular complexity index is 724. The number of ether oxygens (including phenoxy) is 2. The van der Waals surface area contributed by atoms with E-state index in [1.807, 2.05) is 36.4 Å². The van der Waals surface area contributed by atoms with Gasteiger partial charge in [-0.25, -0.2) is 0 Å². The SMILES string of the molecule is COC(=O)[C@H]1[C@@H](OC(c2ccccc2)c2ccccc2)CC2CC[C@H]1N2C. The van der Waals surface area contributed by atoms with Crippen LogP contribution in [-0.4, -0.2) is 43.2 Å². The summed E-state index contributed by atoms with van der Waals surface area (Å²) in [4.78, 5) is 15.0. The van der Waals surface area contributed by atoms with E-state index in [0.717, 1.165) is 30.4 Å². The van der Waals surface area contributed by atoms with Crippen molar-refractivity contribution in [1.29, 1.82) is 0 Å². The van der Waals surface area contributed by atoms with Crippen LogP contribution in [0.15, 0.2) is 60.7 Å². The van der Waals surface area contributed by atoms with Crippen LogP contribution in [0.5, 0.6) is 0 Å². The molecule has 27 heavy (non-hydrogen) atoms. The molecule has 2 heterocycles. The maximum absolute atomic E-state index is 12.6. The van der Waals surface area contributed by atoms with Crippen LogP contribution in [0.3, 0.4) is 0 Å². The Morgan fingerprint density at radius 3 is 2.15 bits per heavy atom. The fourth-order valence-corrected chi connectivity index (χ4v) is 4.79. The lowest BCUT2D eigenvalue weighted by atomic mass is 9.87. The molecule has 2 aromatic rings. The number of methoxy groups -OCH3 is 1. The first-order chi connectivity index (χ1) is 13.2. The van der Waals surface area contributed by atoms with Crippen molar-refractivity contribution in [2.75, 3.05) is 14.2 Å². The first-order valence-corrected chi connectivity index (χ1v) is 9.74. The van der Waals surface area contributed by atoms with Gasteiger partial charge in [0, 0.05) is 12.1 Å². The standard InChI is InChI=1S/C23H27NO3/c1-24-18-13-14-19(24)21(23(25)26-2)20(15-18)27-22(16-9-5-3-6-10-16)17-11-7-4-8-12-17/h3-12,18-22H,13-15H2,1-2H3/t18?,19-,20+,21-/m1/s1. The third-order valence-electron chi connectivity index (χ3n) is 6.20. The molecule has 0 saturated carbocycles. The lowest BCUT2D eigenvalue weighted by molar-refractivity contribution is -0.162. The molecule has 4 atom stereocenters. The molecule has 0 N–H and O–H groups in total. The van der Waals surface area contributed by atoms with Crippen LogP contribution in [0.4, 0.5) is 0 Å². The zero-order valence-electron chi connectivity index (χ0n) is 16.0. The maximum Gasteiger partial charge on any atom is 0.312 e. The van der Waals surface area contributed by atoms with Gasteiger partial charge in [0.25, 0.3) is 0 Å². The third-order valence-corrected chi connectivity index (χ3v) is 6.20. The minimum Gasteiger partial charge on any atom is -0.469 e. The van der Waals surface area contributed by atoms with E-state index in [-0.39, 0.29) is 30.1 Å². The second kappa shape index (κ2) is 7.83. The van der Waals surface area contributed by atoms with E-state index in [1.54, 1.807) is 0 Å². The molecule has 142 valence electrons. The van der Waals surface area contributed by atoms with E-state index >= 15 is 0 Å². The molecule has 2 bridgehead atoms. The van der Waals surface area contributed by atoms with Crippen LogP contribution in [0.1, 0.15) is 36.5 Å². The molecule has 2 fully saturated rings. The summed E-state index contributed by atoms with van der Waals surface area (Å²) >= 11 is 0. The summed E-state index contributed by atoms with van der Waals surface area (Å²) in [5.41, 5.74) is 2.22. The molecular weight excluding hydrogens is 338 g/mol. The molecule has 0 aliphatic carbocycles. The number of esters is 1. The summed E-state index contributed by atoms with van der Waals surface area (Å²) in [5.74, 6) is -0.397. The molecule has 0 radical (unpaired) electrons. The molecule has 0 amide bonds. The Morgan fingerprint density at radius 2 is 1.59 bits per heavy atom. The average molecular weight is 365 g/mol. The van der Waals surface area contributed by atoms with E-state index in [0.29, 0.717) is 6.04 Å². The smallest absolute Gasteiger partial charge is 0.312 e. The number of nitrogens with zero attached hydrogens (tertiary/aromatic N) is 1. The number of benzene rings is 2. The summed E-state index contributed by atoms with van der Waals surface area (Å²) in [6.07, 6.45) is 2.69. The van der Waals surface area contributed by atoms with E-state index < -0.39 is 0 Å². The summed E-state index contributed by atoms with van der Waals surface area (Å²) in [6.45, 7) is 0. The number of fused-ring (bicyclic) bond motifs is 2. The molecule has 4 nitrogen and oxygen atoms in total. The van der Waals surface area contributed by atoms with Crippen molar-refractivity contribution in [1.82, 2.24) is 4.90 Å². The van der Waals surface area contributed by atoms with E-state index in [2.05, 4.69) is 36.2 Å². The van der Waals surface area contributed by atoms with Crippen molar-refractivity contribution in [3.8, 4) is 0 Å². The molecule has 1 unspecified atom stereocenters. The van der Waals surface area contributed by atoms with Gasteiger partial charge in [0.2, 0.25) is 0 Å². The topological polar surface area (TPSA) is 38.8 Å². The zero-order valence-corrected chi connectivity index (χ0v) is 16.0. The number of rotatable bonds is 5. The van der Waals surface area contributed by atoms with Crippen LogP contribution in [0.2, 0.25) is 0 Å². The normalized spacial score (nSPS) is 27.7. The minimum atomic E-state index is -0.242. The highest BCUT2D eigenvalue weighted by Crippen LogP contribution is 2.42. The van der Waals surface area contributed by atoms with Crippen molar-refractivity contribution < 1.29 is 14.3 Å². The Kier molecular flexibility index (Phi) is 5.28. The summed E-state index contributed by atoms with van der Waals surface area (Å²) in [5, 5.41) is 0. The molecule has 4 heteroatoms. The largest absolute Gasteiger partial charge is 0.469 e. The van der Waals surface area contributed by atoms with Gasteiger partial charge < -0.3 is 9.47 Å². The second-order valence-electron chi connectivity index (χ2n) is 7.62. The molecule has 2 aromatic carbocycles. The van der Waals surface area contributed by atoms with Crippen LogP contribution in [0.25, 0.3) is 0 Å². The third kappa shape index (κ3) is 3.52. The number of hydrogen-bond acceptors (Lipinski definition) is 4. The van der Waals surface area contributed by atoms with Gasteiger partial charge in [-0.2, -0.15) is 0 Å². The number of carbonyl (C=O) groups excluding carboxylic acids is 1. The fraction of sp³-hybridized carbons (Fsp3) is 0.435. The molecule has 0 spiro atoms. The van der Waals surface area contributed by atoms with Gasteiger partial charge in [0.1, 0.15) is 6.10 Å². The fourth-order valence-electron chi connectivity index (χ4n) is 4.79. The average Bonchev–Trinajstić information content (AvgIpc) is 2.96. The van der Waals surface area contributed by atoms with Crippen LogP contribution in [-0.2, 0) is 14.3 Å². The summed E-state index contributed by atoms with van der Waals surface area (Å²) < 4.78 is 11.9. The Labute approximate surface area is 161 Å². The second-order valence-corrected chi connectivity index (χ2v) is 7.62. The van der Waals surface area contributed by atoms with Gasteiger partial charge in [0.05, 0.1) is 19.1 Å². The lowest BCUT2D eigenvalue weighted by Crippen LogP contribution is -2.53. The highest BCUT2D eigenvalue weighted by Gasteiger charge is 2.50. The van der Waals surface area contributed by atoms with Crippen molar-refractivity contribution in [2.24, 2.45) is 5.92 Å². The van der Waals surface area contributed by atoms with Gasteiger partial charge >= 0.3 is 5.97 Å². The van der Waals surface area contributed by atoms with Gasteiger partial charge in [-0.3, -0.25) is 9.69 Å². The van der Waals surface area contributed by atoms with E-state index in [1.165, 1.54) is 7.11 Å². The molecule has 2 aliphatic rings. The minimum absolute atomic E-state index is 0.142. The first kappa shape index (κ1) is 18.2. The quantitative estimate of drug-likeness (QED) is 0.755. The predicted octanol–water partition coefficient (Wildman–Crippen LogP) is 3.82. The predicted molar refractivity (Wildman–Crippen MR) is 104 cm³/mol. The maximum atomic E-state index is 12.6. The molecule has 2 saturated heterocycles. The first-order valence-electron chi connectivity index (χ1n) is 9.74. The Balaban J connectivity index is 1.66. The Hall–Kier alpha value is -2.17. The van der Waals surface area contributed by atoms with Gasteiger partial charge in [-0.1, -0.05) is 60.7 Å². The van der Waals surface area contributed by atoms with Crippen LogP contribution >= 0.6 is 0 Å². The van der Waals surface area contributed by atoms with Gasteiger partial charge in [-0.05, 0) is 37.4 Å². The molecule has 0 aromatic heterocycles. The van der Waals surface area contributed by atoms with Crippen molar-refractivity contribution in [2.45, 2.75) is 43.6 Å². The lowest BCUT2D eigenvalue weighted by Gasteiger charge is -2.42. The van der Waals surface area contributed by atoms with Gasteiger partial charge in [0.15, 0.2) is 0 Å². The number of hydrogen-bond donors (Lipinski definition) is 0. The van der Waals surface area contributed by atoms with Crippen LogP contribution < -0.4 is 0 Å². The molecular formula is C23H27NO3. The van der Waals surface area contributed by atoms with Crippen molar-refractivity contribution in [3.05, 3.63) is 71.8 Å². The number of piperidine rings is 1. The highest BCUT2D eigenvalue weighted by atomic mass is 16.5. The van der Waals surface area contributed by atoms with E-state index in [9.17, 15) is 4.79 Å². The number of carbonyl (C=O) groups is 1. The summed E-state index contributed by atoms with van der Waals surface area (Å²) in [7, 11) is 3.60. The van der Waals surface area contributed by atoms with Crippen LogP contribution in [0, 0.1) is 5.92 Å². The van der Waals surface area contributed by atoms with Gasteiger partial charge in [-0.15, -0.1) is 0 Å². The zero-order chi connectivity index (χ0) is 18.8. The molecule has 2 aliphatic heterocycles. The molecule has 4 rings (SSSR count). The van der Waals surface area contributed by atoms with E-state index in [4.69, 9.17) is 9.47 Å².